The summed E-state index contributed by atoms with van der Waals surface area (Å²) in [5.41, 5.74) is 10.4. The van der Waals surface area contributed by atoms with Gasteiger partial charge < -0.3 is 31.2 Å². The van der Waals surface area contributed by atoms with Gasteiger partial charge in [0.2, 0.25) is 5.82 Å². The molecule has 1 aromatic heterocycles. The fourth-order valence-electron chi connectivity index (χ4n) is 1.89. The highest BCUT2D eigenvalue weighted by Gasteiger charge is 2.45. The molecule has 122 valence electrons. The van der Waals surface area contributed by atoms with Crippen molar-refractivity contribution in [2.75, 3.05) is 6.61 Å². The first-order chi connectivity index (χ1) is 10.3. The van der Waals surface area contributed by atoms with Crippen LogP contribution < -0.4 is 11.5 Å². The number of hydrogen-bond acceptors (Lipinski definition) is 9. The van der Waals surface area contributed by atoms with Crippen molar-refractivity contribution in [3.05, 3.63) is 12.2 Å². The summed E-state index contributed by atoms with van der Waals surface area (Å²) >= 11 is 0. The van der Waals surface area contributed by atoms with Crippen LogP contribution >= 0.6 is 0 Å². The fraction of sp³-hybridized carbons (Fsp3) is 0.636. The Hall–Kier alpha value is -2.08. The minimum atomic E-state index is -1.35. The van der Waals surface area contributed by atoms with Crippen LogP contribution in [0.3, 0.4) is 0 Å². The Bertz CT molecular complexity index is 561. The zero-order valence-electron chi connectivity index (χ0n) is 11.7. The molecule has 2 rings (SSSR count). The standard InChI is InChI=1S/C11H17N5O6/c1-4(12)11(20)21-2-5-6(17)7(18)10(22-5)16-3-14-9(15-16)8(13)19/h3-7,10,17-18H,2,12H2,1H3,(H2,13,19)/t4-,5+,6?,7+,10+/m0/s1. The van der Waals surface area contributed by atoms with Crippen LogP contribution in [0.5, 0.6) is 0 Å². The smallest absolute Gasteiger partial charge is 0.322 e. The average molecular weight is 315 g/mol. The summed E-state index contributed by atoms with van der Waals surface area (Å²) in [6.07, 6.45) is -3.58. The number of aliphatic hydroxyl groups is 2. The highest BCUT2D eigenvalue weighted by atomic mass is 16.6. The molecule has 6 N–H and O–H groups in total. The summed E-state index contributed by atoms with van der Waals surface area (Å²) in [6, 6.07) is -0.812. The number of carbonyl (C=O) groups is 2. The molecule has 1 amide bonds. The van der Waals surface area contributed by atoms with Crippen molar-refractivity contribution < 1.29 is 29.3 Å². The molecule has 1 saturated heterocycles. The zero-order valence-corrected chi connectivity index (χ0v) is 11.7. The van der Waals surface area contributed by atoms with Crippen LogP contribution in [0.1, 0.15) is 23.8 Å². The maximum atomic E-state index is 11.3. The molecular formula is C11H17N5O6. The minimum absolute atomic E-state index is 0.253. The molecule has 11 nitrogen and oxygen atoms in total. The normalized spacial score (nSPS) is 29.3. The molecule has 1 fully saturated rings. The summed E-state index contributed by atoms with van der Waals surface area (Å²) in [7, 11) is 0. The molecule has 22 heavy (non-hydrogen) atoms. The van der Waals surface area contributed by atoms with E-state index in [1.165, 1.54) is 6.92 Å². The van der Waals surface area contributed by atoms with Gasteiger partial charge in [-0.05, 0) is 6.92 Å². The molecule has 1 aliphatic rings. The molecule has 0 bridgehead atoms. The average Bonchev–Trinajstić information content (AvgIpc) is 3.04. The fourth-order valence-corrected chi connectivity index (χ4v) is 1.89. The number of primary amides is 1. The summed E-state index contributed by atoms with van der Waals surface area (Å²) in [4.78, 5) is 25.9. The van der Waals surface area contributed by atoms with Gasteiger partial charge in [-0.1, -0.05) is 0 Å². The number of rotatable bonds is 5. The minimum Gasteiger partial charge on any atom is -0.462 e. The zero-order chi connectivity index (χ0) is 16.4. The Labute approximate surface area is 124 Å². The van der Waals surface area contributed by atoms with E-state index in [9.17, 15) is 19.8 Å². The number of carbonyl (C=O) groups excluding carboxylic acids is 2. The third-order valence-electron chi connectivity index (χ3n) is 3.09. The summed E-state index contributed by atoms with van der Waals surface area (Å²) in [6.45, 7) is 1.17. The summed E-state index contributed by atoms with van der Waals surface area (Å²) < 4.78 is 11.3. The molecule has 0 radical (unpaired) electrons. The van der Waals surface area contributed by atoms with Crippen molar-refractivity contribution in [1.82, 2.24) is 14.8 Å². The van der Waals surface area contributed by atoms with Gasteiger partial charge in [-0.15, -0.1) is 5.10 Å². The lowest BCUT2D eigenvalue weighted by atomic mass is 10.1. The SMILES string of the molecule is C[C@H](N)C(=O)OC[C@H]1O[C@@H](n2cnc(C(N)=O)n2)[C@H](O)C1O. The van der Waals surface area contributed by atoms with Crippen LogP contribution in [-0.2, 0) is 14.3 Å². The quantitative estimate of drug-likeness (QED) is 0.409. The lowest BCUT2D eigenvalue weighted by molar-refractivity contribution is -0.151. The van der Waals surface area contributed by atoms with Gasteiger partial charge in [-0.3, -0.25) is 9.59 Å². The number of hydrogen-bond donors (Lipinski definition) is 4. The first kappa shape index (κ1) is 16.3. The lowest BCUT2D eigenvalue weighted by Crippen LogP contribution is -2.36. The molecule has 0 saturated carbocycles. The largest absolute Gasteiger partial charge is 0.462 e. The van der Waals surface area contributed by atoms with Crippen molar-refractivity contribution >= 4 is 11.9 Å². The van der Waals surface area contributed by atoms with Crippen molar-refractivity contribution in [1.29, 1.82) is 0 Å². The van der Waals surface area contributed by atoms with Crippen LogP contribution in [0, 0.1) is 0 Å². The van der Waals surface area contributed by atoms with Crippen LogP contribution in [0.4, 0.5) is 0 Å². The van der Waals surface area contributed by atoms with Crippen molar-refractivity contribution in [2.24, 2.45) is 11.5 Å². The van der Waals surface area contributed by atoms with E-state index in [2.05, 4.69) is 10.1 Å². The second kappa shape index (κ2) is 6.36. The van der Waals surface area contributed by atoms with Gasteiger partial charge in [-0.25, -0.2) is 9.67 Å². The third-order valence-corrected chi connectivity index (χ3v) is 3.09. The van der Waals surface area contributed by atoms with E-state index in [1.54, 1.807) is 0 Å². The maximum absolute atomic E-state index is 11.3. The Balaban J connectivity index is 2.03. The first-order valence-electron chi connectivity index (χ1n) is 6.46. The van der Waals surface area contributed by atoms with Gasteiger partial charge in [0.05, 0.1) is 0 Å². The van der Waals surface area contributed by atoms with E-state index >= 15 is 0 Å². The van der Waals surface area contributed by atoms with E-state index in [0.717, 1.165) is 11.0 Å². The van der Waals surface area contributed by atoms with Gasteiger partial charge in [0, 0.05) is 0 Å². The van der Waals surface area contributed by atoms with E-state index in [1.807, 2.05) is 0 Å². The van der Waals surface area contributed by atoms with Crippen molar-refractivity contribution in [2.45, 2.75) is 37.5 Å². The van der Waals surface area contributed by atoms with Gasteiger partial charge >= 0.3 is 5.97 Å². The number of amides is 1. The van der Waals surface area contributed by atoms with Crippen molar-refractivity contribution in [3.63, 3.8) is 0 Å². The van der Waals surface area contributed by atoms with Crippen LogP contribution in [0.25, 0.3) is 0 Å². The van der Waals surface area contributed by atoms with E-state index in [0.29, 0.717) is 0 Å². The van der Waals surface area contributed by atoms with Gasteiger partial charge in [0.1, 0.15) is 37.3 Å². The van der Waals surface area contributed by atoms with E-state index < -0.39 is 42.5 Å². The van der Waals surface area contributed by atoms with Gasteiger partial charge in [0.15, 0.2) is 6.23 Å². The van der Waals surface area contributed by atoms with E-state index in [-0.39, 0.29) is 12.4 Å². The Morgan fingerprint density at radius 2 is 2.18 bits per heavy atom. The molecular weight excluding hydrogens is 298 g/mol. The second-order valence-corrected chi connectivity index (χ2v) is 4.88. The number of esters is 1. The highest BCUT2D eigenvalue weighted by molar-refractivity contribution is 5.88. The molecule has 0 spiro atoms. The van der Waals surface area contributed by atoms with Crippen LogP contribution in [0.15, 0.2) is 6.33 Å². The molecule has 1 unspecified atom stereocenters. The first-order valence-corrected chi connectivity index (χ1v) is 6.46. The van der Waals surface area contributed by atoms with Crippen LogP contribution in [-0.4, -0.2) is 67.8 Å². The van der Waals surface area contributed by atoms with E-state index in [4.69, 9.17) is 20.9 Å². The Morgan fingerprint density at radius 3 is 2.73 bits per heavy atom. The predicted octanol–water partition coefficient (Wildman–Crippen LogP) is -3.11. The second-order valence-electron chi connectivity index (χ2n) is 4.88. The number of nitrogens with zero attached hydrogens (tertiary/aromatic N) is 3. The van der Waals surface area contributed by atoms with Gasteiger partial charge in [-0.2, -0.15) is 0 Å². The molecule has 5 atom stereocenters. The number of nitrogens with two attached hydrogens (primary N) is 2. The molecule has 11 heteroatoms. The Morgan fingerprint density at radius 1 is 1.50 bits per heavy atom. The topological polar surface area (TPSA) is 176 Å². The monoisotopic (exact) mass is 315 g/mol. The number of aliphatic hydroxyl groups excluding tert-OH is 2. The molecule has 1 aromatic rings. The highest BCUT2D eigenvalue weighted by Crippen LogP contribution is 2.28. The Kier molecular flexibility index (Phi) is 4.71. The molecule has 0 aromatic carbocycles. The maximum Gasteiger partial charge on any atom is 0.322 e. The predicted molar refractivity (Wildman–Crippen MR) is 69.1 cm³/mol. The number of aromatic nitrogens is 3. The number of ether oxygens (including phenoxy) is 2. The summed E-state index contributed by atoms with van der Waals surface area (Å²) in [5.74, 6) is -1.75. The van der Waals surface area contributed by atoms with Crippen molar-refractivity contribution in [3.8, 4) is 0 Å². The molecule has 2 heterocycles. The van der Waals surface area contributed by atoms with Crippen LogP contribution in [0.2, 0.25) is 0 Å². The third kappa shape index (κ3) is 3.22. The summed E-state index contributed by atoms with van der Waals surface area (Å²) in [5, 5.41) is 23.6. The molecule has 1 aliphatic heterocycles. The van der Waals surface area contributed by atoms with Gasteiger partial charge in [0.25, 0.3) is 5.91 Å². The lowest BCUT2D eigenvalue weighted by Gasteiger charge is -2.15. The molecule has 0 aliphatic carbocycles.